The number of benzene rings is 1. The molecule has 0 saturated heterocycles. The van der Waals surface area contributed by atoms with Crippen LogP contribution in [0.15, 0.2) is 30.5 Å². The maximum atomic E-state index is 8.36. The highest BCUT2D eigenvalue weighted by molar-refractivity contribution is 5.59. The van der Waals surface area contributed by atoms with Crippen LogP contribution in [0.2, 0.25) is 0 Å². The molecule has 2 aromatic rings. The third kappa shape index (κ3) is 5.04. The molecule has 0 aliphatic heterocycles. The maximum Gasteiger partial charge on any atom is 0.290 e. The molecule has 1 atom stereocenters. The smallest absolute Gasteiger partial charge is 0.290 e. The summed E-state index contributed by atoms with van der Waals surface area (Å²) >= 11 is 0. The number of aromatic nitrogens is 2. The summed E-state index contributed by atoms with van der Waals surface area (Å²) in [6.45, 7) is 3.96. The van der Waals surface area contributed by atoms with Crippen molar-refractivity contribution in [1.82, 2.24) is 9.97 Å². The van der Waals surface area contributed by atoms with Gasteiger partial charge in [0.1, 0.15) is 5.82 Å². The van der Waals surface area contributed by atoms with Gasteiger partial charge in [-0.25, -0.2) is 4.98 Å². The number of nitrogens with one attached hydrogen (secondary N) is 1. The highest BCUT2D eigenvalue weighted by Crippen LogP contribution is 2.23. The Balaban J connectivity index is 0.000000677. The van der Waals surface area contributed by atoms with Gasteiger partial charge in [0.15, 0.2) is 0 Å². The number of nitrogens with zero attached hydrogens (tertiary/aromatic N) is 1. The van der Waals surface area contributed by atoms with Crippen LogP contribution in [0.5, 0.6) is 0 Å². The van der Waals surface area contributed by atoms with Gasteiger partial charge >= 0.3 is 0 Å². The Labute approximate surface area is 125 Å². The lowest BCUT2D eigenvalue weighted by Crippen LogP contribution is -1.95. The summed E-state index contributed by atoms with van der Waals surface area (Å²) in [6.07, 6.45) is 4.12. The summed E-state index contributed by atoms with van der Waals surface area (Å²) in [5, 5.41) is 6.89. The standard InChI is InChI=1S/C15H20N2O.CH2O2/c1-4-6-15-16-10-14(17-15)13-8-5-7-12(9-13)11(2)18-3;2-1-3/h5,7-11H,4,6H2,1-3H3,(H,16,17);1H,(H,2,3). The summed E-state index contributed by atoms with van der Waals surface area (Å²) in [6, 6.07) is 8.38. The zero-order chi connectivity index (χ0) is 15.7. The normalized spacial score (nSPS) is 11.4. The minimum absolute atomic E-state index is 0.114. The quantitative estimate of drug-likeness (QED) is 0.827. The Morgan fingerprint density at radius 3 is 2.81 bits per heavy atom. The molecule has 114 valence electrons. The van der Waals surface area contributed by atoms with Crippen LogP contribution in [-0.2, 0) is 16.0 Å². The van der Waals surface area contributed by atoms with E-state index in [1.165, 1.54) is 5.56 Å². The highest BCUT2D eigenvalue weighted by atomic mass is 16.5. The maximum absolute atomic E-state index is 8.36. The van der Waals surface area contributed by atoms with Crippen LogP contribution in [0.1, 0.15) is 37.8 Å². The predicted molar refractivity (Wildman–Crippen MR) is 82.1 cm³/mol. The van der Waals surface area contributed by atoms with Crippen molar-refractivity contribution in [3.63, 3.8) is 0 Å². The molecule has 0 fully saturated rings. The lowest BCUT2D eigenvalue weighted by Gasteiger charge is -2.10. The molecule has 0 amide bonds. The topological polar surface area (TPSA) is 75.2 Å². The van der Waals surface area contributed by atoms with E-state index >= 15 is 0 Å². The van der Waals surface area contributed by atoms with Crippen molar-refractivity contribution in [2.24, 2.45) is 0 Å². The molecular weight excluding hydrogens is 268 g/mol. The molecule has 1 heterocycles. The number of carboxylic acid groups (broad SMARTS) is 1. The molecule has 0 saturated carbocycles. The van der Waals surface area contributed by atoms with Gasteiger partial charge in [0.2, 0.25) is 0 Å². The Hall–Kier alpha value is -2.14. The zero-order valence-corrected chi connectivity index (χ0v) is 12.7. The van der Waals surface area contributed by atoms with Gasteiger partial charge in [-0.2, -0.15) is 0 Å². The van der Waals surface area contributed by atoms with E-state index in [4.69, 9.17) is 14.6 Å². The van der Waals surface area contributed by atoms with Crippen LogP contribution in [0.3, 0.4) is 0 Å². The number of hydrogen-bond donors (Lipinski definition) is 2. The fourth-order valence-corrected chi connectivity index (χ4v) is 1.97. The number of aromatic amines is 1. The van der Waals surface area contributed by atoms with Crippen LogP contribution in [0, 0.1) is 0 Å². The zero-order valence-electron chi connectivity index (χ0n) is 12.7. The van der Waals surface area contributed by atoms with Crippen molar-refractivity contribution >= 4 is 6.47 Å². The third-order valence-corrected chi connectivity index (χ3v) is 3.14. The van der Waals surface area contributed by atoms with Crippen LogP contribution >= 0.6 is 0 Å². The molecule has 2 rings (SSSR count). The molecule has 21 heavy (non-hydrogen) atoms. The van der Waals surface area contributed by atoms with E-state index < -0.39 is 0 Å². The molecule has 0 aliphatic rings. The number of carbonyl (C=O) groups is 1. The van der Waals surface area contributed by atoms with Crippen molar-refractivity contribution in [1.29, 1.82) is 0 Å². The minimum Gasteiger partial charge on any atom is -0.483 e. The summed E-state index contributed by atoms with van der Waals surface area (Å²) in [5.74, 6) is 1.05. The van der Waals surface area contributed by atoms with E-state index in [1.807, 2.05) is 6.20 Å². The molecule has 2 N–H and O–H groups in total. The average Bonchev–Trinajstić information content (AvgIpc) is 2.96. The number of rotatable bonds is 5. The van der Waals surface area contributed by atoms with E-state index in [0.29, 0.717) is 0 Å². The molecule has 0 radical (unpaired) electrons. The van der Waals surface area contributed by atoms with Crippen molar-refractivity contribution in [3.05, 3.63) is 41.9 Å². The molecular formula is C16H22N2O3. The second-order valence-electron chi connectivity index (χ2n) is 4.60. The van der Waals surface area contributed by atoms with E-state index in [-0.39, 0.29) is 12.6 Å². The predicted octanol–water partition coefficient (Wildman–Crippen LogP) is 3.44. The minimum atomic E-state index is -0.250. The molecule has 0 bridgehead atoms. The number of H-pyrrole nitrogens is 1. The first-order valence-electron chi connectivity index (χ1n) is 6.91. The molecule has 5 nitrogen and oxygen atoms in total. The van der Waals surface area contributed by atoms with E-state index in [9.17, 15) is 0 Å². The van der Waals surface area contributed by atoms with Crippen LogP contribution in [-0.4, -0.2) is 28.7 Å². The first-order valence-corrected chi connectivity index (χ1v) is 6.91. The monoisotopic (exact) mass is 290 g/mol. The van der Waals surface area contributed by atoms with Crippen molar-refractivity contribution in [2.45, 2.75) is 32.8 Å². The van der Waals surface area contributed by atoms with E-state index in [0.717, 1.165) is 29.9 Å². The molecule has 0 spiro atoms. The van der Waals surface area contributed by atoms with Gasteiger partial charge in [0, 0.05) is 13.5 Å². The van der Waals surface area contributed by atoms with Crippen LogP contribution in [0.4, 0.5) is 0 Å². The first kappa shape index (κ1) is 16.9. The van der Waals surface area contributed by atoms with E-state index in [2.05, 4.69) is 48.1 Å². The first-order chi connectivity index (χ1) is 10.2. The largest absolute Gasteiger partial charge is 0.483 e. The van der Waals surface area contributed by atoms with Crippen molar-refractivity contribution < 1.29 is 14.6 Å². The molecule has 0 aliphatic carbocycles. The third-order valence-electron chi connectivity index (χ3n) is 3.14. The van der Waals surface area contributed by atoms with Crippen LogP contribution < -0.4 is 0 Å². The Morgan fingerprint density at radius 2 is 2.19 bits per heavy atom. The Kier molecular flexibility index (Phi) is 7.18. The van der Waals surface area contributed by atoms with Crippen LogP contribution in [0.25, 0.3) is 11.3 Å². The van der Waals surface area contributed by atoms with E-state index in [1.54, 1.807) is 7.11 Å². The molecule has 5 heteroatoms. The summed E-state index contributed by atoms with van der Waals surface area (Å²) in [7, 11) is 1.73. The Bertz CT molecular complexity index is 552. The van der Waals surface area contributed by atoms with Gasteiger partial charge in [0.05, 0.1) is 18.0 Å². The number of aryl methyl sites for hydroxylation is 1. The van der Waals surface area contributed by atoms with Crippen molar-refractivity contribution in [2.75, 3.05) is 7.11 Å². The SMILES string of the molecule is CCCc1ncc(-c2cccc(C(C)OC)c2)[nH]1.O=CO. The number of ether oxygens (including phenoxy) is 1. The van der Waals surface area contributed by atoms with Gasteiger partial charge in [-0.15, -0.1) is 0 Å². The second-order valence-corrected chi connectivity index (χ2v) is 4.60. The molecule has 1 aromatic carbocycles. The number of methoxy groups -OCH3 is 1. The Morgan fingerprint density at radius 1 is 1.48 bits per heavy atom. The lowest BCUT2D eigenvalue weighted by atomic mass is 10.1. The summed E-state index contributed by atoms with van der Waals surface area (Å²) in [4.78, 5) is 16.1. The molecule has 1 unspecified atom stereocenters. The second kappa shape index (κ2) is 8.92. The summed E-state index contributed by atoms with van der Waals surface area (Å²) < 4.78 is 5.35. The fourth-order valence-electron chi connectivity index (χ4n) is 1.97. The average molecular weight is 290 g/mol. The van der Waals surface area contributed by atoms with Gasteiger partial charge in [0.25, 0.3) is 6.47 Å². The van der Waals surface area contributed by atoms with Gasteiger partial charge in [-0.1, -0.05) is 25.1 Å². The summed E-state index contributed by atoms with van der Waals surface area (Å²) in [5.41, 5.74) is 3.41. The lowest BCUT2D eigenvalue weighted by molar-refractivity contribution is -0.122. The number of hydrogen-bond acceptors (Lipinski definition) is 3. The highest BCUT2D eigenvalue weighted by Gasteiger charge is 2.07. The van der Waals surface area contributed by atoms with Gasteiger partial charge in [-0.3, -0.25) is 4.79 Å². The van der Waals surface area contributed by atoms with Crippen molar-refractivity contribution in [3.8, 4) is 11.3 Å². The van der Waals surface area contributed by atoms with Gasteiger partial charge < -0.3 is 14.8 Å². The fraction of sp³-hybridized carbons (Fsp3) is 0.375. The molecule has 1 aromatic heterocycles. The number of imidazole rings is 1. The van der Waals surface area contributed by atoms with Gasteiger partial charge in [-0.05, 0) is 30.5 Å².